The maximum Gasteiger partial charge on any atom is 0.356 e. The van der Waals surface area contributed by atoms with Gasteiger partial charge in [0.25, 0.3) is 0 Å². The standard InChI is InChI=1S/C14H17N3O2/c18-14(19)12-9-17-8-10(5-6-13(17)16-12)7-15-11-3-1-2-4-11/h5-6,8-9,11,15H,1-4,7H2,(H,18,19). The van der Waals surface area contributed by atoms with Crippen molar-refractivity contribution in [2.24, 2.45) is 0 Å². The number of aromatic carboxylic acids is 1. The Kier molecular flexibility index (Phi) is 3.21. The molecule has 2 heterocycles. The van der Waals surface area contributed by atoms with Gasteiger partial charge < -0.3 is 14.8 Å². The van der Waals surface area contributed by atoms with Crippen LogP contribution in [0.2, 0.25) is 0 Å². The topological polar surface area (TPSA) is 66.6 Å². The molecule has 0 aliphatic heterocycles. The van der Waals surface area contributed by atoms with Crippen molar-refractivity contribution >= 4 is 11.6 Å². The molecule has 1 saturated carbocycles. The van der Waals surface area contributed by atoms with E-state index in [0.29, 0.717) is 11.7 Å². The van der Waals surface area contributed by atoms with Gasteiger partial charge >= 0.3 is 5.97 Å². The fourth-order valence-corrected chi connectivity index (χ4v) is 2.64. The number of fused-ring (bicyclic) bond motifs is 1. The van der Waals surface area contributed by atoms with E-state index in [0.717, 1.165) is 12.1 Å². The maximum absolute atomic E-state index is 10.9. The van der Waals surface area contributed by atoms with Gasteiger partial charge in [0.05, 0.1) is 0 Å². The Labute approximate surface area is 111 Å². The van der Waals surface area contributed by atoms with Crippen LogP contribution in [0.25, 0.3) is 5.65 Å². The average molecular weight is 259 g/mol. The first-order valence-corrected chi connectivity index (χ1v) is 6.67. The smallest absolute Gasteiger partial charge is 0.356 e. The van der Waals surface area contributed by atoms with Crippen LogP contribution in [-0.4, -0.2) is 26.5 Å². The lowest BCUT2D eigenvalue weighted by Gasteiger charge is -2.11. The second-order valence-electron chi connectivity index (χ2n) is 5.10. The average Bonchev–Trinajstić information content (AvgIpc) is 3.04. The van der Waals surface area contributed by atoms with Crippen LogP contribution in [-0.2, 0) is 6.54 Å². The highest BCUT2D eigenvalue weighted by molar-refractivity contribution is 5.86. The first-order valence-electron chi connectivity index (χ1n) is 6.67. The zero-order chi connectivity index (χ0) is 13.2. The third kappa shape index (κ3) is 2.61. The van der Waals surface area contributed by atoms with Gasteiger partial charge in [0, 0.05) is 25.0 Å². The van der Waals surface area contributed by atoms with Gasteiger partial charge in [-0.2, -0.15) is 0 Å². The number of rotatable bonds is 4. The summed E-state index contributed by atoms with van der Waals surface area (Å²) in [6.07, 6.45) is 8.65. The molecular weight excluding hydrogens is 242 g/mol. The van der Waals surface area contributed by atoms with Crippen LogP contribution in [0.4, 0.5) is 0 Å². The van der Waals surface area contributed by atoms with E-state index in [9.17, 15) is 4.79 Å². The Morgan fingerprint density at radius 1 is 1.37 bits per heavy atom. The molecule has 1 aliphatic carbocycles. The lowest BCUT2D eigenvalue weighted by atomic mass is 10.2. The third-order valence-electron chi connectivity index (χ3n) is 3.68. The normalized spacial score (nSPS) is 16.2. The molecule has 1 aliphatic rings. The summed E-state index contributed by atoms with van der Waals surface area (Å²) in [6, 6.07) is 4.49. The highest BCUT2D eigenvalue weighted by Crippen LogP contribution is 2.18. The number of hydrogen-bond donors (Lipinski definition) is 2. The number of hydrogen-bond acceptors (Lipinski definition) is 3. The first-order chi connectivity index (χ1) is 9.22. The first kappa shape index (κ1) is 12.2. The van der Waals surface area contributed by atoms with Crippen molar-refractivity contribution in [3.63, 3.8) is 0 Å². The molecule has 3 rings (SSSR count). The van der Waals surface area contributed by atoms with E-state index in [-0.39, 0.29) is 5.69 Å². The molecule has 0 radical (unpaired) electrons. The number of nitrogens with one attached hydrogen (secondary N) is 1. The molecule has 1 fully saturated rings. The van der Waals surface area contributed by atoms with Crippen LogP contribution in [0.3, 0.4) is 0 Å². The van der Waals surface area contributed by atoms with Gasteiger partial charge in [-0.25, -0.2) is 9.78 Å². The zero-order valence-corrected chi connectivity index (χ0v) is 10.7. The summed E-state index contributed by atoms with van der Waals surface area (Å²) in [5.74, 6) is -0.991. The Bertz CT molecular complexity index is 600. The second kappa shape index (κ2) is 5.01. The molecule has 0 amide bonds. The fourth-order valence-electron chi connectivity index (χ4n) is 2.64. The number of carboxylic acids is 1. The third-order valence-corrected chi connectivity index (χ3v) is 3.68. The Hall–Kier alpha value is -1.88. The molecule has 100 valence electrons. The number of pyridine rings is 1. The predicted octanol–water partition coefficient (Wildman–Crippen LogP) is 2.06. The Morgan fingerprint density at radius 2 is 2.16 bits per heavy atom. The molecule has 19 heavy (non-hydrogen) atoms. The van der Waals surface area contributed by atoms with Gasteiger partial charge in [0.2, 0.25) is 0 Å². The summed E-state index contributed by atoms with van der Waals surface area (Å²) in [6.45, 7) is 0.821. The number of carboxylic acid groups (broad SMARTS) is 1. The lowest BCUT2D eigenvalue weighted by molar-refractivity contribution is 0.0691. The van der Waals surface area contributed by atoms with E-state index in [1.165, 1.54) is 25.7 Å². The quantitative estimate of drug-likeness (QED) is 0.882. The molecule has 0 bridgehead atoms. The molecule has 2 aromatic heterocycles. The van der Waals surface area contributed by atoms with E-state index < -0.39 is 5.97 Å². The SMILES string of the molecule is O=C(O)c1cn2cc(CNC3CCCC3)ccc2n1. The van der Waals surface area contributed by atoms with Crippen molar-refractivity contribution in [3.8, 4) is 0 Å². The minimum Gasteiger partial charge on any atom is -0.476 e. The molecule has 0 saturated heterocycles. The number of nitrogens with zero attached hydrogens (tertiary/aromatic N) is 2. The van der Waals surface area contributed by atoms with Crippen LogP contribution >= 0.6 is 0 Å². The number of carbonyl (C=O) groups is 1. The lowest BCUT2D eigenvalue weighted by Crippen LogP contribution is -2.25. The zero-order valence-electron chi connectivity index (χ0n) is 10.7. The van der Waals surface area contributed by atoms with E-state index in [1.807, 2.05) is 18.3 Å². The van der Waals surface area contributed by atoms with Crippen LogP contribution in [0.15, 0.2) is 24.5 Å². The van der Waals surface area contributed by atoms with Crippen molar-refractivity contribution < 1.29 is 9.90 Å². The van der Waals surface area contributed by atoms with E-state index in [1.54, 1.807) is 10.6 Å². The van der Waals surface area contributed by atoms with E-state index in [4.69, 9.17) is 5.11 Å². The van der Waals surface area contributed by atoms with Gasteiger partial charge in [-0.3, -0.25) is 0 Å². The monoisotopic (exact) mass is 259 g/mol. The number of aromatic nitrogens is 2. The van der Waals surface area contributed by atoms with Crippen molar-refractivity contribution in [2.75, 3.05) is 0 Å². The van der Waals surface area contributed by atoms with Gasteiger partial charge in [-0.05, 0) is 24.5 Å². The second-order valence-corrected chi connectivity index (χ2v) is 5.10. The minimum atomic E-state index is -0.991. The summed E-state index contributed by atoms with van der Waals surface area (Å²) < 4.78 is 1.77. The summed E-state index contributed by atoms with van der Waals surface area (Å²) in [4.78, 5) is 14.9. The molecular formula is C14H17N3O2. The summed E-state index contributed by atoms with van der Waals surface area (Å²) in [5.41, 5.74) is 1.90. The Balaban J connectivity index is 1.74. The van der Waals surface area contributed by atoms with Crippen LogP contribution in [0, 0.1) is 0 Å². The van der Waals surface area contributed by atoms with Crippen molar-refractivity contribution in [2.45, 2.75) is 38.3 Å². The minimum absolute atomic E-state index is 0.0842. The largest absolute Gasteiger partial charge is 0.476 e. The summed E-state index contributed by atoms with van der Waals surface area (Å²) in [5, 5.41) is 12.5. The van der Waals surface area contributed by atoms with E-state index >= 15 is 0 Å². The summed E-state index contributed by atoms with van der Waals surface area (Å²) >= 11 is 0. The van der Waals surface area contributed by atoms with Gasteiger partial charge in [-0.15, -0.1) is 0 Å². The van der Waals surface area contributed by atoms with E-state index in [2.05, 4.69) is 10.3 Å². The van der Waals surface area contributed by atoms with Crippen molar-refractivity contribution in [1.29, 1.82) is 0 Å². The maximum atomic E-state index is 10.9. The van der Waals surface area contributed by atoms with Crippen LogP contribution in [0.5, 0.6) is 0 Å². The Morgan fingerprint density at radius 3 is 2.89 bits per heavy atom. The predicted molar refractivity (Wildman–Crippen MR) is 71.2 cm³/mol. The van der Waals surface area contributed by atoms with Crippen LogP contribution in [0.1, 0.15) is 41.7 Å². The molecule has 0 spiro atoms. The summed E-state index contributed by atoms with van der Waals surface area (Å²) in [7, 11) is 0. The van der Waals surface area contributed by atoms with Gasteiger partial charge in [0.15, 0.2) is 5.69 Å². The molecule has 2 aromatic rings. The highest BCUT2D eigenvalue weighted by Gasteiger charge is 2.14. The number of imidazole rings is 1. The van der Waals surface area contributed by atoms with Gasteiger partial charge in [0.1, 0.15) is 5.65 Å². The van der Waals surface area contributed by atoms with Gasteiger partial charge in [-0.1, -0.05) is 18.9 Å². The van der Waals surface area contributed by atoms with Crippen LogP contribution < -0.4 is 5.32 Å². The molecule has 0 aromatic carbocycles. The molecule has 5 nitrogen and oxygen atoms in total. The molecule has 2 N–H and O–H groups in total. The highest BCUT2D eigenvalue weighted by atomic mass is 16.4. The molecule has 0 unspecified atom stereocenters. The molecule has 5 heteroatoms. The van der Waals surface area contributed by atoms with Crippen molar-refractivity contribution in [1.82, 2.24) is 14.7 Å². The van der Waals surface area contributed by atoms with Crippen molar-refractivity contribution in [3.05, 3.63) is 35.8 Å². The fraction of sp³-hybridized carbons (Fsp3) is 0.429. The molecule has 0 atom stereocenters.